The first-order valence-electron chi connectivity index (χ1n) is 7.63. The van der Waals surface area contributed by atoms with Crippen molar-refractivity contribution in [2.75, 3.05) is 13.6 Å². The molecule has 1 aromatic carbocycles. The summed E-state index contributed by atoms with van der Waals surface area (Å²) in [6.45, 7) is 0.794. The van der Waals surface area contributed by atoms with Crippen LogP contribution in [0.15, 0.2) is 35.1 Å². The molecule has 116 valence electrons. The summed E-state index contributed by atoms with van der Waals surface area (Å²) in [6.07, 6.45) is 4.44. The van der Waals surface area contributed by atoms with Crippen molar-refractivity contribution in [2.24, 2.45) is 0 Å². The summed E-state index contributed by atoms with van der Waals surface area (Å²) in [5.74, 6) is 0.549. The molecule has 0 unspecified atom stereocenters. The predicted octanol–water partition coefficient (Wildman–Crippen LogP) is 1.70. The van der Waals surface area contributed by atoms with Gasteiger partial charge in [-0.25, -0.2) is 4.98 Å². The van der Waals surface area contributed by atoms with Crippen molar-refractivity contribution in [3.05, 3.63) is 36.4 Å². The zero-order chi connectivity index (χ0) is 15.6. The number of carbonyl (C=O) groups is 1. The Morgan fingerprint density at radius 2 is 2.35 bits per heavy atom. The second-order valence-corrected chi connectivity index (χ2v) is 6.16. The highest BCUT2D eigenvalue weighted by atomic mass is 16.3. The zero-order valence-corrected chi connectivity index (χ0v) is 12.6. The Morgan fingerprint density at radius 3 is 3.04 bits per heavy atom. The molecule has 2 bridgehead atoms. The van der Waals surface area contributed by atoms with E-state index in [1.165, 1.54) is 6.26 Å². The number of nitrogens with one attached hydrogen (secondary N) is 1. The van der Waals surface area contributed by atoms with Gasteiger partial charge in [0.25, 0.3) is 5.91 Å². The van der Waals surface area contributed by atoms with Gasteiger partial charge in [-0.15, -0.1) is 0 Å². The number of carbonyl (C=O) groups excluding carboxylic acids is 1. The van der Waals surface area contributed by atoms with E-state index in [1.54, 1.807) is 6.20 Å². The summed E-state index contributed by atoms with van der Waals surface area (Å²) in [6, 6.07) is 6.21. The highest BCUT2D eigenvalue weighted by molar-refractivity contribution is 6.05. The van der Waals surface area contributed by atoms with Gasteiger partial charge in [-0.2, -0.15) is 5.10 Å². The van der Waals surface area contributed by atoms with E-state index in [2.05, 4.69) is 27.1 Å². The van der Waals surface area contributed by atoms with Crippen LogP contribution in [-0.2, 0) is 0 Å². The van der Waals surface area contributed by atoms with Crippen molar-refractivity contribution < 1.29 is 9.21 Å². The summed E-state index contributed by atoms with van der Waals surface area (Å²) < 4.78 is 5.31. The lowest BCUT2D eigenvalue weighted by molar-refractivity contribution is 0.0434. The molecule has 2 aromatic heterocycles. The van der Waals surface area contributed by atoms with Crippen LogP contribution in [0.3, 0.4) is 0 Å². The van der Waals surface area contributed by atoms with Gasteiger partial charge in [0, 0.05) is 23.5 Å². The quantitative estimate of drug-likeness (QED) is 0.779. The average Bonchev–Trinajstić information content (AvgIpc) is 3.35. The number of amides is 1. The van der Waals surface area contributed by atoms with Crippen molar-refractivity contribution >= 4 is 16.8 Å². The standard InChI is InChI=1S/C16H15N5O2/c1-20-10-7-13(20)21(8-10)16(22)14-11-3-2-9(6-12(11)18-19-14)15-17-4-5-23-15/h2-6,10,13H,7-8H2,1H3,(H,18,19)/t10-,13+/m0/s1. The van der Waals surface area contributed by atoms with Gasteiger partial charge < -0.3 is 9.32 Å². The lowest BCUT2D eigenvalue weighted by Crippen LogP contribution is -2.50. The van der Waals surface area contributed by atoms with Gasteiger partial charge in [0.2, 0.25) is 5.89 Å². The van der Waals surface area contributed by atoms with E-state index in [0.717, 1.165) is 29.4 Å². The molecule has 23 heavy (non-hydrogen) atoms. The predicted molar refractivity (Wildman–Crippen MR) is 82.6 cm³/mol. The maximum atomic E-state index is 12.8. The van der Waals surface area contributed by atoms with E-state index in [0.29, 0.717) is 17.6 Å². The van der Waals surface area contributed by atoms with Gasteiger partial charge >= 0.3 is 0 Å². The fraction of sp³-hybridized carbons (Fsp3) is 0.312. The third-order valence-corrected chi connectivity index (χ3v) is 5.00. The molecule has 2 atom stereocenters. The summed E-state index contributed by atoms with van der Waals surface area (Å²) >= 11 is 0. The highest BCUT2D eigenvalue weighted by Crippen LogP contribution is 2.36. The van der Waals surface area contributed by atoms with Crippen molar-refractivity contribution in [1.29, 1.82) is 0 Å². The maximum Gasteiger partial charge on any atom is 0.276 e. The largest absolute Gasteiger partial charge is 0.445 e. The second-order valence-electron chi connectivity index (χ2n) is 6.16. The van der Waals surface area contributed by atoms with Crippen LogP contribution in [0.5, 0.6) is 0 Å². The number of hydrogen-bond donors (Lipinski definition) is 1. The summed E-state index contributed by atoms with van der Waals surface area (Å²) in [4.78, 5) is 21.1. The first-order valence-corrected chi connectivity index (χ1v) is 7.63. The van der Waals surface area contributed by atoms with Crippen LogP contribution in [0, 0.1) is 0 Å². The van der Waals surface area contributed by atoms with E-state index in [1.807, 2.05) is 23.1 Å². The van der Waals surface area contributed by atoms with Gasteiger partial charge in [0.1, 0.15) is 6.26 Å². The van der Waals surface area contributed by atoms with Gasteiger partial charge in [-0.05, 0) is 31.7 Å². The molecule has 3 saturated heterocycles. The number of nitrogens with zero attached hydrogens (tertiary/aromatic N) is 4. The normalized spacial score (nSPS) is 23.4. The summed E-state index contributed by atoms with van der Waals surface area (Å²) in [5.41, 5.74) is 2.15. The van der Waals surface area contributed by atoms with Gasteiger partial charge in [0.15, 0.2) is 5.69 Å². The molecular weight excluding hydrogens is 294 g/mol. The summed E-state index contributed by atoms with van der Waals surface area (Å²) in [7, 11) is 2.07. The Hall–Kier alpha value is -2.67. The maximum absolute atomic E-state index is 12.8. The van der Waals surface area contributed by atoms with Gasteiger partial charge in [0.05, 0.1) is 17.9 Å². The molecule has 0 spiro atoms. The SMILES string of the molecule is CN1[C@H]2C[C@H]1N(C(=O)c1n[nH]c3cc(-c4ncco4)ccc13)C2. The molecule has 5 heterocycles. The number of aromatic amines is 1. The lowest BCUT2D eigenvalue weighted by Gasteiger charge is -2.37. The van der Waals surface area contributed by atoms with Crippen LogP contribution in [-0.4, -0.2) is 56.7 Å². The molecular formula is C16H15N5O2. The zero-order valence-electron chi connectivity index (χ0n) is 12.6. The number of oxazole rings is 1. The Bertz CT molecular complexity index is 900. The van der Waals surface area contributed by atoms with E-state index in [4.69, 9.17) is 4.42 Å². The number of benzene rings is 1. The molecule has 7 heteroatoms. The molecule has 1 N–H and O–H groups in total. The number of aromatic nitrogens is 3. The second kappa shape index (κ2) is 4.42. The van der Waals surface area contributed by atoms with E-state index in [-0.39, 0.29) is 12.1 Å². The highest BCUT2D eigenvalue weighted by Gasteiger charge is 2.50. The topological polar surface area (TPSA) is 78.3 Å². The first-order chi connectivity index (χ1) is 11.2. The van der Waals surface area contributed by atoms with E-state index in [9.17, 15) is 4.79 Å². The first kappa shape index (κ1) is 12.8. The molecule has 0 saturated carbocycles. The van der Waals surface area contributed by atoms with Gasteiger partial charge in [-0.3, -0.25) is 14.8 Å². The van der Waals surface area contributed by atoms with Crippen LogP contribution in [0.2, 0.25) is 0 Å². The van der Waals surface area contributed by atoms with Crippen LogP contribution in [0.1, 0.15) is 16.9 Å². The van der Waals surface area contributed by atoms with E-state index < -0.39 is 0 Å². The molecule has 6 rings (SSSR count). The molecule has 3 aliphatic heterocycles. The number of rotatable bonds is 2. The molecule has 3 aliphatic rings. The Labute approximate surface area is 131 Å². The molecule has 1 amide bonds. The minimum Gasteiger partial charge on any atom is -0.445 e. The fourth-order valence-electron chi connectivity index (χ4n) is 3.62. The van der Waals surface area contributed by atoms with Crippen molar-refractivity contribution in [3.8, 4) is 11.5 Å². The van der Waals surface area contributed by atoms with Gasteiger partial charge in [-0.1, -0.05) is 0 Å². The molecule has 7 nitrogen and oxygen atoms in total. The van der Waals surface area contributed by atoms with Crippen molar-refractivity contribution in [3.63, 3.8) is 0 Å². The minimum atomic E-state index is -0.00280. The van der Waals surface area contributed by atoms with Crippen LogP contribution in [0.4, 0.5) is 0 Å². The van der Waals surface area contributed by atoms with Crippen LogP contribution < -0.4 is 0 Å². The molecule has 3 aromatic rings. The lowest BCUT2D eigenvalue weighted by atomic mass is 10.1. The fourth-order valence-corrected chi connectivity index (χ4v) is 3.62. The smallest absolute Gasteiger partial charge is 0.276 e. The Balaban J connectivity index is 1.52. The number of fused-ring (bicyclic) bond motifs is 2. The number of hydrogen-bond acceptors (Lipinski definition) is 5. The Kier molecular flexibility index (Phi) is 2.47. The van der Waals surface area contributed by atoms with E-state index >= 15 is 0 Å². The Morgan fingerprint density at radius 1 is 1.43 bits per heavy atom. The summed E-state index contributed by atoms with van der Waals surface area (Å²) in [5, 5.41) is 8.04. The third kappa shape index (κ3) is 1.71. The average molecular weight is 309 g/mol. The monoisotopic (exact) mass is 309 g/mol. The van der Waals surface area contributed by atoms with Crippen molar-refractivity contribution in [1.82, 2.24) is 25.0 Å². The molecule has 0 radical (unpaired) electrons. The third-order valence-electron chi connectivity index (χ3n) is 5.00. The molecule has 3 fully saturated rings. The van der Waals surface area contributed by atoms with Crippen molar-refractivity contribution in [2.45, 2.75) is 18.6 Å². The number of likely N-dealkylation sites (N-methyl/N-ethyl adjacent to an activating group) is 1. The van der Waals surface area contributed by atoms with Crippen LogP contribution >= 0.6 is 0 Å². The minimum absolute atomic E-state index is 0.00280. The van der Waals surface area contributed by atoms with Crippen LogP contribution in [0.25, 0.3) is 22.4 Å². The number of H-pyrrole nitrogens is 1. The molecule has 0 aliphatic carbocycles.